The topological polar surface area (TPSA) is 70.4 Å². The van der Waals surface area contributed by atoms with Gasteiger partial charge < -0.3 is 4.74 Å². The van der Waals surface area contributed by atoms with E-state index in [9.17, 15) is 8.42 Å². The van der Waals surface area contributed by atoms with E-state index in [2.05, 4.69) is 0 Å². The van der Waals surface area contributed by atoms with Crippen molar-refractivity contribution in [2.24, 2.45) is 5.92 Å². The Hall–Kier alpha value is -0.940. The normalized spacial score (nSPS) is 17.1. The van der Waals surface area contributed by atoms with Gasteiger partial charge in [0.1, 0.15) is 15.2 Å². The van der Waals surface area contributed by atoms with Gasteiger partial charge in [0, 0.05) is 19.7 Å². The van der Waals surface area contributed by atoms with Gasteiger partial charge in [-0.1, -0.05) is 0 Å². The molecule has 0 radical (unpaired) electrons. The summed E-state index contributed by atoms with van der Waals surface area (Å²) in [6.45, 7) is 2.66. The maximum absolute atomic E-state index is 12.7. The summed E-state index contributed by atoms with van der Waals surface area (Å²) >= 11 is 1.02. The Balaban J connectivity index is 2.27. The zero-order valence-electron chi connectivity index (χ0n) is 11.6. The molecule has 20 heavy (non-hydrogen) atoms. The highest BCUT2D eigenvalue weighted by atomic mass is 32.2. The highest BCUT2D eigenvalue weighted by molar-refractivity contribution is 7.91. The van der Waals surface area contributed by atoms with Gasteiger partial charge in [0.15, 0.2) is 0 Å². The Labute approximate surface area is 123 Å². The molecule has 1 aliphatic carbocycles. The Morgan fingerprint density at radius 1 is 1.55 bits per heavy atom. The number of nitrogens with zero attached hydrogens (tertiary/aromatic N) is 2. The summed E-state index contributed by atoms with van der Waals surface area (Å²) in [5.74, 6) is 0.442. The van der Waals surface area contributed by atoms with Gasteiger partial charge >= 0.3 is 0 Å². The van der Waals surface area contributed by atoms with E-state index < -0.39 is 10.0 Å². The summed E-state index contributed by atoms with van der Waals surface area (Å²) in [6, 6.07) is 5.01. The molecule has 1 heterocycles. The molecule has 1 aromatic heterocycles. The van der Waals surface area contributed by atoms with Crippen LogP contribution in [0.5, 0.6) is 0 Å². The number of methoxy groups -OCH3 is 1. The number of nitriles is 1. The van der Waals surface area contributed by atoms with E-state index in [0.717, 1.165) is 24.2 Å². The molecule has 2 rings (SSSR count). The fourth-order valence-electron chi connectivity index (χ4n) is 2.17. The van der Waals surface area contributed by atoms with Crippen LogP contribution in [0.1, 0.15) is 24.6 Å². The van der Waals surface area contributed by atoms with Crippen LogP contribution in [0.3, 0.4) is 0 Å². The lowest BCUT2D eigenvalue weighted by Gasteiger charge is -2.27. The minimum Gasteiger partial charge on any atom is -0.383 e. The van der Waals surface area contributed by atoms with Crippen LogP contribution in [0.25, 0.3) is 0 Å². The van der Waals surface area contributed by atoms with Crippen LogP contribution in [-0.4, -0.2) is 39.0 Å². The smallest absolute Gasteiger partial charge is 0.252 e. The quantitative estimate of drug-likeness (QED) is 0.772. The first kappa shape index (κ1) is 15.4. The third kappa shape index (κ3) is 3.20. The van der Waals surface area contributed by atoms with Crippen molar-refractivity contribution < 1.29 is 13.2 Å². The van der Waals surface area contributed by atoms with Crippen molar-refractivity contribution >= 4 is 21.4 Å². The van der Waals surface area contributed by atoms with Crippen LogP contribution in [0, 0.1) is 17.2 Å². The molecule has 0 N–H and O–H groups in total. The van der Waals surface area contributed by atoms with E-state index in [1.807, 2.05) is 13.0 Å². The molecule has 0 spiro atoms. The van der Waals surface area contributed by atoms with E-state index in [-0.39, 0.29) is 10.3 Å². The van der Waals surface area contributed by atoms with Gasteiger partial charge in [0.2, 0.25) is 0 Å². The van der Waals surface area contributed by atoms with Crippen LogP contribution < -0.4 is 0 Å². The second-order valence-electron chi connectivity index (χ2n) is 4.92. The monoisotopic (exact) mass is 314 g/mol. The first-order chi connectivity index (χ1) is 9.50. The molecule has 0 aromatic carbocycles. The number of rotatable bonds is 7. The van der Waals surface area contributed by atoms with Gasteiger partial charge in [0.25, 0.3) is 10.0 Å². The maximum Gasteiger partial charge on any atom is 0.252 e. The molecule has 0 bridgehead atoms. The highest BCUT2D eigenvalue weighted by Gasteiger charge is 2.38. The van der Waals surface area contributed by atoms with Gasteiger partial charge in [0.05, 0.1) is 6.61 Å². The summed E-state index contributed by atoms with van der Waals surface area (Å²) in [4.78, 5) is 0.411. The third-order valence-electron chi connectivity index (χ3n) is 3.53. The minimum absolute atomic E-state index is 0.0252. The first-order valence-electron chi connectivity index (χ1n) is 6.51. The maximum atomic E-state index is 12.7. The third-order valence-corrected chi connectivity index (χ3v) is 6.97. The van der Waals surface area contributed by atoms with Gasteiger partial charge in [-0.15, -0.1) is 11.3 Å². The second-order valence-corrected chi connectivity index (χ2v) is 8.12. The van der Waals surface area contributed by atoms with Crippen molar-refractivity contribution in [2.75, 3.05) is 20.3 Å². The lowest BCUT2D eigenvalue weighted by Crippen LogP contribution is -2.41. The molecular weight excluding hydrogens is 296 g/mol. The summed E-state index contributed by atoms with van der Waals surface area (Å²) in [5.41, 5.74) is 0. The van der Waals surface area contributed by atoms with Crippen molar-refractivity contribution in [1.82, 2.24) is 4.31 Å². The van der Waals surface area contributed by atoms with Crippen LogP contribution in [0.2, 0.25) is 0 Å². The van der Waals surface area contributed by atoms with Gasteiger partial charge in [-0.05, 0) is 37.8 Å². The van der Waals surface area contributed by atoms with Crippen LogP contribution in [-0.2, 0) is 14.8 Å². The van der Waals surface area contributed by atoms with Gasteiger partial charge in [-0.3, -0.25) is 0 Å². The zero-order valence-corrected chi connectivity index (χ0v) is 13.2. The predicted molar refractivity (Wildman–Crippen MR) is 77.0 cm³/mol. The standard InChI is InChI=1S/C13H18N2O3S2/c1-10(11-3-4-11)15(7-8-18-2)20(16,17)13-6-5-12(9-14)19-13/h5-6,10-11H,3-4,7-8H2,1-2H3. The molecule has 7 heteroatoms. The fourth-order valence-corrected chi connectivity index (χ4v) is 5.08. The minimum atomic E-state index is -3.55. The fraction of sp³-hybridized carbons (Fsp3) is 0.615. The number of sulfonamides is 1. The van der Waals surface area contributed by atoms with E-state index in [1.54, 1.807) is 13.2 Å². The van der Waals surface area contributed by atoms with Crippen molar-refractivity contribution in [3.8, 4) is 6.07 Å². The number of hydrogen-bond acceptors (Lipinski definition) is 5. The second kappa shape index (κ2) is 6.22. The average molecular weight is 314 g/mol. The van der Waals surface area contributed by atoms with E-state index >= 15 is 0 Å². The Kier molecular flexibility index (Phi) is 4.81. The molecule has 1 unspecified atom stereocenters. The molecule has 1 atom stereocenters. The molecule has 1 fully saturated rings. The molecule has 0 aliphatic heterocycles. The summed E-state index contributed by atoms with van der Waals surface area (Å²) in [6.07, 6.45) is 2.15. The molecule has 1 saturated carbocycles. The highest BCUT2D eigenvalue weighted by Crippen LogP contribution is 2.37. The summed E-state index contributed by atoms with van der Waals surface area (Å²) < 4.78 is 32.2. The molecule has 1 aliphatic rings. The molecule has 1 aromatic rings. The van der Waals surface area contributed by atoms with E-state index in [0.29, 0.717) is 23.9 Å². The Morgan fingerprint density at radius 3 is 2.75 bits per heavy atom. The van der Waals surface area contributed by atoms with E-state index in [4.69, 9.17) is 10.00 Å². The van der Waals surface area contributed by atoms with Crippen LogP contribution in [0.4, 0.5) is 0 Å². The Bertz CT molecular complexity index is 599. The van der Waals surface area contributed by atoms with Crippen LogP contribution in [0.15, 0.2) is 16.3 Å². The number of hydrogen-bond donors (Lipinski definition) is 0. The van der Waals surface area contributed by atoms with Crippen molar-refractivity contribution in [1.29, 1.82) is 5.26 Å². The van der Waals surface area contributed by atoms with E-state index in [1.165, 1.54) is 10.4 Å². The zero-order chi connectivity index (χ0) is 14.8. The Morgan fingerprint density at radius 2 is 2.25 bits per heavy atom. The largest absolute Gasteiger partial charge is 0.383 e. The van der Waals surface area contributed by atoms with Crippen molar-refractivity contribution in [2.45, 2.75) is 30.0 Å². The lowest BCUT2D eigenvalue weighted by atomic mass is 10.2. The SMILES string of the molecule is COCCN(C(C)C1CC1)S(=O)(=O)c1ccc(C#N)s1. The first-order valence-corrected chi connectivity index (χ1v) is 8.77. The lowest BCUT2D eigenvalue weighted by molar-refractivity contribution is 0.164. The summed E-state index contributed by atoms with van der Waals surface area (Å²) in [7, 11) is -1.99. The number of ether oxygens (including phenoxy) is 1. The van der Waals surface area contributed by atoms with Crippen LogP contribution >= 0.6 is 11.3 Å². The average Bonchev–Trinajstić information content (AvgIpc) is 3.15. The van der Waals surface area contributed by atoms with Gasteiger partial charge in [-0.25, -0.2) is 8.42 Å². The summed E-state index contributed by atoms with van der Waals surface area (Å²) in [5, 5.41) is 8.84. The number of thiophene rings is 1. The molecule has 0 saturated heterocycles. The van der Waals surface area contributed by atoms with Gasteiger partial charge in [-0.2, -0.15) is 9.57 Å². The molecular formula is C13H18N2O3S2. The molecule has 0 amide bonds. The van der Waals surface area contributed by atoms with Crippen molar-refractivity contribution in [3.63, 3.8) is 0 Å². The predicted octanol–water partition coefficient (Wildman–Crippen LogP) is 2.06. The molecule has 5 nitrogen and oxygen atoms in total. The molecule has 110 valence electrons. The van der Waals surface area contributed by atoms with Crippen molar-refractivity contribution in [3.05, 3.63) is 17.0 Å².